The quantitative estimate of drug-likeness (QED) is 0.821. The first-order valence-electron chi connectivity index (χ1n) is 10.1. The zero-order valence-corrected chi connectivity index (χ0v) is 15.6. The summed E-state index contributed by atoms with van der Waals surface area (Å²) in [7, 11) is 0. The largest absolute Gasteiger partial charge is 0.341 e. The smallest absolute Gasteiger partial charge is 0.225 e. The number of amides is 1. The molecule has 2 aliphatic heterocycles. The van der Waals surface area contributed by atoms with Crippen molar-refractivity contribution in [3.05, 3.63) is 54.4 Å². The number of carbonyl (C=O) groups is 1. The van der Waals surface area contributed by atoms with Gasteiger partial charge in [-0.05, 0) is 37.3 Å². The maximum Gasteiger partial charge on any atom is 0.225 e. The SMILES string of the molecule is O=C(C1CC1)N1C[C@@H]2CN(c3ncccn3)C[C@]2(CCc2ccccc2)C1. The highest BCUT2D eigenvalue weighted by molar-refractivity contribution is 5.81. The van der Waals surface area contributed by atoms with E-state index in [4.69, 9.17) is 0 Å². The molecular weight excluding hydrogens is 336 g/mol. The molecule has 1 amide bonds. The second-order valence-electron chi connectivity index (χ2n) is 8.47. The first-order valence-corrected chi connectivity index (χ1v) is 10.1. The standard InChI is InChI=1S/C22H26N4O/c27-20(18-7-8-18)25-13-19-14-26(21-23-11-4-12-24-21)16-22(19,15-25)10-9-17-5-2-1-3-6-17/h1-6,11-12,18-19H,7-10,13-16H2/t19-,22+/m1/s1. The molecule has 2 aromatic rings. The van der Waals surface area contributed by atoms with Crippen LogP contribution in [0.4, 0.5) is 5.95 Å². The molecule has 1 aromatic carbocycles. The number of benzene rings is 1. The van der Waals surface area contributed by atoms with E-state index in [0.29, 0.717) is 17.7 Å². The predicted molar refractivity (Wildman–Crippen MR) is 104 cm³/mol. The van der Waals surface area contributed by atoms with Gasteiger partial charge in [0.05, 0.1) is 0 Å². The summed E-state index contributed by atoms with van der Waals surface area (Å²) in [5.74, 6) is 2.04. The minimum Gasteiger partial charge on any atom is -0.341 e. The lowest BCUT2D eigenvalue weighted by atomic mass is 9.76. The van der Waals surface area contributed by atoms with Crippen molar-refractivity contribution in [2.45, 2.75) is 25.7 Å². The summed E-state index contributed by atoms with van der Waals surface area (Å²) < 4.78 is 0. The van der Waals surface area contributed by atoms with Crippen molar-refractivity contribution >= 4 is 11.9 Å². The van der Waals surface area contributed by atoms with Gasteiger partial charge < -0.3 is 9.80 Å². The van der Waals surface area contributed by atoms with E-state index in [1.165, 1.54) is 5.56 Å². The number of anilines is 1. The van der Waals surface area contributed by atoms with Crippen molar-refractivity contribution < 1.29 is 4.79 Å². The Labute approximate surface area is 160 Å². The molecule has 3 heterocycles. The van der Waals surface area contributed by atoms with Crippen molar-refractivity contribution in [2.24, 2.45) is 17.3 Å². The average molecular weight is 362 g/mol. The average Bonchev–Trinajstić information content (AvgIpc) is 3.41. The van der Waals surface area contributed by atoms with Crippen molar-refractivity contribution in [2.75, 3.05) is 31.1 Å². The van der Waals surface area contributed by atoms with Gasteiger partial charge in [0.2, 0.25) is 11.9 Å². The zero-order valence-electron chi connectivity index (χ0n) is 15.6. The third kappa shape index (κ3) is 3.20. The molecule has 1 aromatic heterocycles. The fourth-order valence-corrected chi connectivity index (χ4v) is 4.94. The Morgan fingerprint density at radius 1 is 1.04 bits per heavy atom. The van der Waals surface area contributed by atoms with Crippen LogP contribution in [0.25, 0.3) is 0 Å². The molecule has 3 aliphatic rings. The molecular formula is C22H26N4O. The summed E-state index contributed by atoms with van der Waals surface area (Å²) in [5.41, 5.74) is 1.53. The molecule has 5 heteroatoms. The molecule has 2 atom stereocenters. The van der Waals surface area contributed by atoms with Gasteiger partial charge in [0.25, 0.3) is 0 Å². The van der Waals surface area contributed by atoms with Gasteiger partial charge in [-0.2, -0.15) is 0 Å². The summed E-state index contributed by atoms with van der Waals surface area (Å²) >= 11 is 0. The van der Waals surface area contributed by atoms with E-state index in [2.05, 4.69) is 50.1 Å². The third-order valence-corrected chi connectivity index (χ3v) is 6.59. The number of carbonyl (C=O) groups excluding carboxylic acids is 1. The van der Waals surface area contributed by atoms with Gasteiger partial charge in [-0.25, -0.2) is 9.97 Å². The number of nitrogens with zero attached hydrogens (tertiary/aromatic N) is 4. The number of likely N-dealkylation sites (tertiary alicyclic amines) is 1. The molecule has 2 saturated heterocycles. The molecule has 5 nitrogen and oxygen atoms in total. The molecule has 0 spiro atoms. The lowest BCUT2D eigenvalue weighted by Gasteiger charge is -2.29. The van der Waals surface area contributed by atoms with Crippen LogP contribution in [0.5, 0.6) is 0 Å². The van der Waals surface area contributed by atoms with Crippen molar-refractivity contribution in [1.29, 1.82) is 0 Å². The fraction of sp³-hybridized carbons (Fsp3) is 0.500. The number of hydrogen-bond acceptors (Lipinski definition) is 4. The van der Waals surface area contributed by atoms with E-state index < -0.39 is 0 Å². The van der Waals surface area contributed by atoms with Crippen molar-refractivity contribution in [3.8, 4) is 0 Å². The molecule has 0 radical (unpaired) electrons. The van der Waals surface area contributed by atoms with E-state index in [1.807, 2.05) is 18.5 Å². The number of fused-ring (bicyclic) bond motifs is 1. The molecule has 3 fully saturated rings. The first-order chi connectivity index (χ1) is 13.2. The van der Waals surface area contributed by atoms with Crippen LogP contribution in [-0.2, 0) is 11.2 Å². The number of aryl methyl sites for hydroxylation is 1. The Kier molecular flexibility index (Phi) is 4.10. The maximum atomic E-state index is 12.7. The normalized spacial score (nSPS) is 27.0. The molecule has 0 bridgehead atoms. The zero-order chi connectivity index (χ0) is 18.3. The Balaban J connectivity index is 1.36. The molecule has 1 saturated carbocycles. The topological polar surface area (TPSA) is 49.3 Å². The van der Waals surface area contributed by atoms with E-state index >= 15 is 0 Å². The highest BCUT2D eigenvalue weighted by Gasteiger charge is 2.54. The van der Waals surface area contributed by atoms with E-state index in [0.717, 1.165) is 57.8 Å². The third-order valence-electron chi connectivity index (χ3n) is 6.59. The van der Waals surface area contributed by atoms with Crippen LogP contribution >= 0.6 is 0 Å². The van der Waals surface area contributed by atoms with E-state index in [1.54, 1.807) is 0 Å². The molecule has 0 unspecified atom stereocenters. The van der Waals surface area contributed by atoms with Gasteiger partial charge in [-0.3, -0.25) is 4.79 Å². The molecule has 140 valence electrons. The summed E-state index contributed by atoms with van der Waals surface area (Å²) in [6.45, 7) is 3.69. The fourth-order valence-electron chi connectivity index (χ4n) is 4.94. The van der Waals surface area contributed by atoms with Crippen LogP contribution in [0.1, 0.15) is 24.8 Å². The maximum absolute atomic E-state index is 12.7. The minimum atomic E-state index is 0.152. The predicted octanol–water partition coefficient (Wildman–Crippen LogP) is 2.78. The van der Waals surface area contributed by atoms with Crippen molar-refractivity contribution in [3.63, 3.8) is 0 Å². The summed E-state index contributed by atoms with van der Waals surface area (Å²) in [4.78, 5) is 26.1. The number of aromatic nitrogens is 2. The Morgan fingerprint density at radius 3 is 2.56 bits per heavy atom. The Hall–Kier alpha value is -2.43. The second kappa shape index (κ2) is 6.63. The van der Waals surface area contributed by atoms with E-state index in [9.17, 15) is 4.79 Å². The highest BCUT2D eigenvalue weighted by Crippen LogP contribution is 2.47. The van der Waals surface area contributed by atoms with Crippen LogP contribution in [0.2, 0.25) is 0 Å². The monoisotopic (exact) mass is 362 g/mol. The van der Waals surface area contributed by atoms with Crippen LogP contribution in [-0.4, -0.2) is 47.0 Å². The molecule has 5 rings (SSSR count). The first kappa shape index (κ1) is 16.7. The molecule has 27 heavy (non-hydrogen) atoms. The van der Waals surface area contributed by atoms with Crippen LogP contribution in [0.3, 0.4) is 0 Å². The van der Waals surface area contributed by atoms with Gasteiger partial charge in [-0.1, -0.05) is 30.3 Å². The Morgan fingerprint density at radius 2 is 1.81 bits per heavy atom. The lowest BCUT2D eigenvalue weighted by Crippen LogP contribution is -2.38. The summed E-state index contributed by atoms with van der Waals surface area (Å²) in [6, 6.07) is 12.6. The van der Waals surface area contributed by atoms with E-state index in [-0.39, 0.29) is 5.41 Å². The van der Waals surface area contributed by atoms with Crippen LogP contribution in [0, 0.1) is 17.3 Å². The van der Waals surface area contributed by atoms with Gasteiger partial charge in [0, 0.05) is 55.8 Å². The summed E-state index contributed by atoms with van der Waals surface area (Å²) in [6.07, 6.45) is 7.97. The van der Waals surface area contributed by atoms with Crippen LogP contribution < -0.4 is 4.90 Å². The van der Waals surface area contributed by atoms with Crippen molar-refractivity contribution in [1.82, 2.24) is 14.9 Å². The minimum absolute atomic E-state index is 0.152. The summed E-state index contributed by atoms with van der Waals surface area (Å²) in [5, 5.41) is 0. The van der Waals surface area contributed by atoms with Gasteiger partial charge in [0.15, 0.2) is 0 Å². The lowest BCUT2D eigenvalue weighted by molar-refractivity contribution is -0.132. The Bertz CT molecular complexity index is 808. The number of hydrogen-bond donors (Lipinski definition) is 0. The van der Waals surface area contributed by atoms with Gasteiger partial charge in [0.1, 0.15) is 0 Å². The molecule has 0 N–H and O–H groups in total. The van der Waals surface area contributed by atoms with Gasteiger partial charge in [-0.15, -0.1) is 0 Å². The van der Waals surface area contributed by atoms with Gasteiger partial charge >= 0.3 is 0 Å². The highest BCUT2D eigenvalue weighted by atomic mass is 16.2. The molecule has 1 aliphatic carbocycles. The number of rotatable bonds is 5. The van der Waals surface area contributed by atoms with Crippen LogP contribution in [0.15, 0.2) is 48.8 Å². The second-order valence-corrected chi connectivity index (χ2v) is 8.47.